The molecule has 0 aromatic heterocycles. The van der Waals surface area contributed by atoms with Crippen molar-refractivity contribution in [1.82, 2.24) is 37.2 Å². The number of carbonyl (C=O) groups is 9. The molecule has 57 heavy (non-hydrogen) atoms. The number of amides is 8. The number of aliphatic hydroxyl groups excluding tert-OH is 3. The predicted octanol–water partition coefficient (Wildman–Crippen LogP) is -5.74. The van der Waals surface area contributed by atoms with E-state index in [1.807, 2.05) is 0 Å². The average Bonchev–Trinajstić information content (AvgIpc) is 3.15. The summed E-state index contributed by atoms with van der Waals surface area (Å²) in [6.45, 7) is -0.763. The number of nitrogens with one attached hydrogen (secondary N) is 7. The first-order valence-corrected chi connectivity index (χ1v) is 18.3. The van der Waals surface area contributed by atoms with E-state index in [9.17, 15) is 58.5 Å². The van der Waals surface area contributed by atoms with Gasteiger partial charge in [-0.05, 0) is 44.6 Å². The summed E-state index contributed by atoms with van der Waals surface area (Å²) < 4.78 is 0. The Morgan fingerprint density at radius 1 is 0.842 bits per heavy atom. The highest BCUT2D eigenvalue weighted by Gasteiger charge is 2.35. The van der Waals surface area contributed by atoms with Crippen molar-refractivity contribution in [2.75, 3.05) is 19.8 Å². The first kappa shape index (κ1) is 47.4. The smallest absolute Gasteiger partial charge is 0.303 e. The second-order valence-electron chi connectivity index (χ2n) is 13.4. The molecule has 1 aliphatic heterocycles. The van der Waals surface area contributed by atoms with Crippen LogP contribution in [0.5, 0.6) is 0 Å². The molecule has 22 heteroatoms. The molecular formula is C35H53N9O13. The standard InChI is InChI=1S/C35H53N9O13/c1-18(47)28-35(57)43-25(17-46)33(55)40-21(31(53)42-24(16-45)34(56)41-23(30(37)52)15-19-7-3-2-4-8-19)9-5-6-14-38-26(48)12-10-22(32(54)44-28)39-20(29(36)51)11-13-27(49)50/h2-4,7-8,18,20-25,28,39,45-47H,5-6,9-17H2,1H3,(H2,36,51)(H2,37,52)(H,38,48)(H,40,55)(H,41,56)(H,42,53)(H,43,57)(H,44,54)(H,49,50)/t18-,20+,21?,22?,23+,24+,25+,28+/m1/s1. The van der Waals surface area contributed by atoms with Gasteiger partial charge < -0.3 is 63.8 Å². The lowest BCUT2D eigenvalue weighted by Crippen LogP contribution is -2.62. The van der Waals surface area contributed by atoms with Crippen molar-refractivity contribution in [3.05, 3.63) is 35.9 Å². The Balaban J connectivity index is 2.30. The van der Waals surface area contributed by atoms with Gasteiger partial charge in [0.15, 0.2) is 0 Å². The summed E-state index contributed by atoms with van der Waals surface area (Å²) in [5, 5.41) is 56.3. The Morgan fingerprint density at radius 2 is 1.51 bits per heavy atom. The zero-order chi connectivity index (χ0) is 42.7. The van der Waals surface area contributed by atoms with Gasteiger partial charge in [-0.15, -0.1) is 0 Å². The van der Waals surface area contributed by atoms with Crippen LogP contribution in [0.25, 0.3) is 0 Å². The van der Waals surface area contributed by atoms with Crippen molar-refractivity contribution in [3.63, 3.8) is 0 Å². The lowest BCUT2D eigenvalue weighted by Gasteiger charge is -2.28. The summed E-state index contributed by atoms with van der Waals surface area (Å²) in [4.78, 5) is 115. The topological polar surface area (TPSA) is 371 Å². The van der Waals surface area contributed by atoms with Crippen molar-refractivity contribution in [2.45, 2.75) is 107 Å². The van der Waals surface area contributed by atoms with Crippen LogP contribution < -0.4 is 48.7 Å². The maximum absolute atomic E-state index is 13.5. The molecule has 1 fully saturated rings. The number of primary amides is 2. The zero-order valence-electron chi connectivity index (χ0n) is 31.4. The number of carboxylic acid groups (broad SMARTS) is 1. The summed E-state index contributed by atoms with van der Waals surface area (Å²) in [5.41, 5.74) is 11.6. The van der Waals surface area contributed by atoms with Crippen LogP contribution >= 0.6 is 0 Å². The molecule has 0 radical (unpaired) electrons. The average molecular weight is 808 g/mol. The second-order valence-corrected chi connectivity index (χ2v) is 13.4. The van der Waals surface area contributed by atoms with Crippen molar-refractivity contribution in [3.8, 4) is 0 Å². The zero-order valence-corrected chi connectivity index (χ0v) is 31.4. The number of carbonyl (C=O) groups excluding carboxylic acids is 8. The van der Waals surface area contributed by atoms with Crippen molar-refractivity contribution in [1.29, 1.82) is 0 Å². The van der Waals surface area contributed by atoms with Gasteiger partial charge in [0.2, 0.25) is 47.3 Å². The van der Waals surface area contributed by atoms with E-state index in [1.54, 1.807) is 30.3 Å². The highest BCUT2D eigenvalue weighted by Crippen LogP contribution is 2.09. The molecule has 15 N–H and O–H groups in total. The number of hydrogen-bond acceptors (Lipinski definition) is 13. The van der Waals surface area contributed by atoms with Crippen LogP contribution in [0.2, 0.25) is 0 Å². The first-order chi connectivity index (χ1) is 27.0. The van der Waals surface area contributed by atoms with Crippen LogP contribution in [0.4, 0.5) is 0 Å². The minimum absolute atomic E-state index is 0.0128. The Bertz CT molecular complexity index is 1580. The monoisotopic (exact) mass is 807 g/mol. The third-order valence-corrected chi connectivity index (χ3v) is 8.88. The molecule has 1 aliphatic rings. The van der Waals surface area contributed by atoms with Crippen LogP contribution in [0.15, 0.2) is 30.3 Å². The van der Waals surface area contributed by atoms with E-state index in [2.05, 4.69) is 37.2 Å². The summed E-state index contributed by atoms with van der Waals surface area (Å²) in [7, 11) is 0. The molecule has 8 amide bonds. The number of benzene rings is 1. The van der Waals surface area contributed by atoms with Gasteiger partial charge in [-0.25, -0.2) is 0 Å². The fourth-order valence-electron chi connectivity index (χ4n) is 5.64. The highest BCUT2D eigenvalue weighted by molar-refractivity contribution is 5.97. The van der Waals surface area contributed by atoms with E-state index >= 15 is 0 Å². The maximum Gasteiger partial charge on any atom is 0.303 e. The third kappa shape index (κ3) is 16.5. The molecule has 0 aliphatic carbocycles. The minimum Gasteiger partial charge on any atom is -0.481 e. The molecule has 1 saturated heterocycles. The normalized spacial score (nSPS) is 22.3. The molecule has 1 aromatic rings. The van der Waals surface area contributed by atoms with Crippen LogP contribution in [0.1, 0.15) is 57.4 Å². The molecule has 1 heterocycles. The molecule has 2 unspecified atom stereocenters. The SMILES string of the molecule is C[C@@H](O)[C@@H]1NC(=O)C(N[C@@H](CCC(=O)O)C(N)=O)CCC(=O)NCCCCC(C(=O)N[C@@H](CO)C(=O)N[C@@H](Cc2ccccc2)C(N)=O)NC(=O)[C@H](CO)NC1=O. The molecule has 8 atom stereocenters. The fourth-order valence-corrected chi connectivity index (χ4v) is 5.64. The summed E-state index contributed by atoms with van der Waals surface area (Å²) in [5.74, 6) is -8.87. The molecular weight excluding hydrogens is 754 g/mol. The van der Waals surface area contributed by atoms with Crippen LogP contribution in [0, 0.1) is 0 Å². The van der Waals surface area contributed by atoms with Gasteiger partial charge in [-0.3, -0.25) is 48.5 Å². The van der Waals surface area contributed by atoms with Gasteiger partial charge in [0, 0.05) is 25.8 Å². The van der Waals surface area contributed by atoms with Gasteiger partial charge in [0.25, 0.3) is 0 Å². The number of nitrogens with two attached hydrogens (primary N) is 2. The summed E-state index contributed by atoms with van der Waals surface area (Å²) in [6, 6.07) is -1.94. The Morgan fingerprint density at radius 3 is 2.09 bits per heavy atom. The Hall–Kier alpha value is -5.71. The molecule has 0 saturated carbocycles. The van der Waals surface area contributed by atoms with E-state index in [4.69, 9.17) is 16.6 Å². The van der Waals surface area contributed by atoms with Crippen molar-refractivity contribution >= 4 is 53.2 Å². The number of hydrogen-bond donors (Lipinski definition) is 13. The summed E-state index contributed by atoms with van der Waals surface area (Å²) in [6.07, 6.45) is -2.69. The van der Waals surface area contributed by atoms with E-state index in [0.717, 1.165) is 6.92 Å². The number of aliphatic carboxylic acids is 1. The van der Waals surface area contributed by atoms with E-state index in [-0.39, 0.29) is 51.5 Å². The number of rotatable bonds is 16. The van der Waals surface area contributed by atoms with Gasteiger partial charge in [-0.1, -0.05) is 30.3 Å². The fraction of sp³-hybridized carbons (Fsp3) is 0.571. The van der Waals surface area contributed by atoms with Crippen LogP contribution in [-0.4, -0.2) is 142 Å². The van der Waals surface area contributed by atoms with E-state index < -0.39 is 121 Å². The molecule has 0 spiro atoms. The van der Waals surface area contributed by atoms with Gasteiger partial charge in [0.05, 0.1) is 31.4 Å². The van der Waals surface area contributed by atoms with Gasteiger partial charge >= 0.3 is 5.97 Å². The molecule has 316 valence electrons. The van der Waals surface area contributed by atoms with E-state index in [1.165, 1.54) is 0 Å². The molecule has 22 nitrogen and oxygen atoms in total. The quantitative estimate of drug-likeness (QED) is 0.0741. The first-order valence-electron chi connectivity index (χ1n) is 18.3. The highest BCUT2D eigenvalue weighted by atomic mass is 16.4. The number of aliphatic hydroxyl groups is 3. The van der Waals surface area contributed by atoms with Crippen LogP contribution in [-0.2, 0) is 49.6 Å². The lowest BCUT2D eigenvalue weighted by molar-refractivity contribution is -0.137. The third-order valence-electron chi connectivity index (χ3n) is 8.88. The maximum atomic E-state index is 13.5. The predicted molar refractivity (Wildman–Crippen MR) is 198 cm³/mol. The van der Waals surface area contributed by atoms with Gasteiger partial charge in [0.1, 0.15) is 30.2 Å². The molecule has 0 bridgehead atoms. The summed E-state index contributed by atoms with van der Waals surface area (Å²) >= 11 is 0. The van der Waals surface area contributed by atoms with Crippen LogP contribution in [0.3, 0.4) is 0 Å². The molecule has 2 rings (SSSR count). The lowest BCUT2D eigenvalue weighted by atomic mass is 10.0. The van der Waals surface area contributed by atoms with Gasteiger partial charge in [-0.2, -0.15) is 0 Å². The number of carboxylic acids is 1. The largest absolute Gasteiger partial charge is 0.481 e. The van der Waals surface area contributed by atoms with Crippen molar-refractivity contribution in [2.24, 2.45) is 11.5 Å². The van der Waals surface area contributed by atoms with E-state index in [0.29, 0.717) is 5.56 Å². The Kier molecular flexibility index (Phi) is 20.0. The molecule has 1 aromatic carbocycles. The van der Waals surface area contributed by atoms with Crippen molar-refractivity contribution < 1.29 is 63.6 Å². The second kappa shape index (κ2) is 24.0. The Labute approximate surface area is 327 Å². The minimum atomic E-state index is -1.78.